The molecule has 5 fully saturated rings. The number of rotatable bonds is 2. The molecule has 0 aromatic carbocycles. The summed E-state index contributed by atoms with van der Waals surface area (Å²) < 4.78 is 25.8. The molecule has 130 valence electrons. The highest BCUT2D eigenvalue weighted by molar-refractivity contribution is 5.12. The van der Waals surface area contributed by atoms with Gasteiger partial charge in [0.05, 0.1) is 30.0 Å². The minimum atomic E-state index is -0.341. The molecule has 2 saturated carbocycles. The summed E-state index contributed by atoms with van der Waals surface area (Å²) in [6.07, 6.45) is 11.0. The summed E-state index contributed by atoms with van der Waals surface area (Å²) in [5.74, 6) is -0.341. The van der Waals surface area contributed by atoms with Crippen LogP contribution >= 0.6 is 0 Å². The molecule has 3 saturated heterocycles. The van der Waals surface area contributed by atoms with Crippen molar-refractivity contribution in [2.75, 3.05) is 6.61 Å². The fraction of sp³-hybridized carbons (Fsp3) is 1.00. The van der Waals surface area contributed by atoms with E-state index >= 15 is 0 Å². The Bertz CT molecular complexity index is 462. The molecule has 3 aliphatic heterocycles. The van der Waals surface area contributed by atoms with Gasteiger partial charge in [-0.3, -0.25) is 0 Å². The molecule has 2 aliphatic carbocycles. The quantitative estimate of drug-likeness (QED) is 0.844. The number of hydrogen-bond acceptors (Lipinski definition) is 5. The second-order valence-electron chi connectivity index (χ2n) is 8.18. The van der Waals surface area contributed by atoms with Gasteiger partial charge in [-0.05, 0) is 32.1 Å². The van der Waals surface area contributed by atoms with Gasteiger partial charge in [-0.15, -0.1) is 0 Å². The Morgan fingerprint density at radius 2 is 1.74 bits per heavy atom. The SMILES string of the molecule is OCCC1CC[C@@H]2OC3CC2(C[C@H]2OC4(CCCCC4)OC32)O1. The highest BCUT2D eigenvalue weighted by atomic mass is 16.8. The lowest BCUT2D eigenvalue weighted by Crippen LogP contribution is -2.53. The molecule has 3 heterocycles. The van der Waals surface area contributed by atoms with Crippen LogP contribution in [-0.2, 0) is 18.9 Å². The number of aliphatic hydroxyl groups is 1. The molecule has 5 nitrogen and oxygen atoms in total. The topological polar surface area (TPSA) is 57.2 Å². The van der Waals surface area contributed by atoms with Crippen LogP contribution in [0, 0.1) is 0 Å². The first-order chi connectivity index (χ1) is 11.2. The summed E-state index contributed by atoms with van der Waals surface area (Å²) in [5.41, 5.74) is -0.201. The van der Waals surface area contributed by atoms with Crippen molar-refractivity contribution < 1.29 is 24.1 Å². The molecule has 4 unspecified atom stereocenters. The van der Waals surface area contributed by atoms with Gasteiger partial charge in [0.1, 0.15) is 6.10 Å². The molecule has 1 N–H and O–H groups in total. The minimum Gasteiger partial charge on any atom is -0.396 e. The maximum Gasteiger partial charge on any atom is 0.169 e. The molecule has 6 atom stereocenters. The Morgan fingerprint density at radius 1 is 0.913 bits per heavy atom. The van der Waals surface area contributed by atoms with E-state index in [2.05, 4.69) is 0 Å². The Kier molecular flexibility index (Phi) is 3.54. The summed E-state index contributed by atoms with van der Waals surface area (Å²) >= 11 is 0. The van der Waals surface area contributed by atoms with Gasteiger partial charge >= 0.3 is 0 Å². The minimum absolute atomic E-state index is 0.0872. The fourth-order valence-corrected chi connectivity index (χ4v) is 5.68. The van der Waals surface area contributed by atoms with E-state index < -0.39 is 0 Å². The van der Waals surface area contributed by atoms with Crippen molar-refractivity contribution in [1.82, 2.24) is 0 Å². The first-order valence-corrected chi connectivity index (χ1v) is 9.52. The van der Waals surface area contributed by atoms with Gasteiger partial charge in [0, 0.05) is 32.3 Å². The first kappa shape index (κ1) is 15.1. The highest BCUT2D eigenvalue weighted by Crippen LogP contribution is 2.55. The van der Waals surface area contributed by atoms with Crippen LogP contribution < -0.4 is 0 Å². The smallest absolute Gasteiger partial charge is 0.169 e. The second-order valence-corrected chi connectivity index (χ2v) is 8.18. The van der Waals surface area contributed by atoms with Gasteiger partial charge in [-0.2, -0.15) is 0 Å². The fourth-order valence-electron chi connectivity index (χ4n) is 5.68. The Morgan fingerprint density at radius 3 is 2.57 bits per heavy atom. The molecule has 0 amide bonds. The van der Waals surface area contributed by atoms with Crippen LogP contribution in [0.25, 0.3) is 0 Å². The summed E-state index contributed by atoms with van der Waals surface area (Å²) in [5, 5.41) is 9.24. The van der Waals surface area contributed by atoms with Crippen LogP contribution in [0.3, 0.4) is 0 Å². The van der Waals surface area contributed by atoms with E-state index in [9.17, 15) is 5.11 Å². The lowest BCUT2D eigenvalue weighted by molar-refractivity contribution is -0.216. The molecular weight excluding hydrogens is 296 g/mol. The monoisotopic (exact) mass is 324 g/mol. The predicted molar refractivity (Wildman–Crippen MR) is 82.0 cm³/mol. The van der Waals surface area contributed by atoms with Gasteiger partial charge in [-0.25, -0.2) is 0 Å². The van der Waals surface area contributed by atoms with E-state index in [-0.39, 0.29) is 48.5 Å². The number of ether oxygens (including phenoxy) is 4. The van der Waals surface area contributed by atoms with Gasteiger partial charge in [0.25, 0.3) is 0 Å². The van der Waals surface area contributed by atoms with Crippen molar-refractivity contribution in [1.29, 1.82) is 0 Å². The molecule has 2 bridgehead atoms. The van der Waals surface area contributed by atoms with Crippen molar-refractivity contribution in [2.24, 2.45) is 0 Å². The van der Waals surface area contributed by atoms with E-state index in [0.29, 0.717) is 0 Å². The molecule has 5 aliphatic rings. The Balaban J connectivity index is 1.36. The average Bonchev–Trinajstić information content (AvgIpc) is 3.04. The molecule has 23 heavy (non-hydrogen) atoms. The van der Waals surface area contributed by atoms with Crippen molar-refractivity contribution in [3.8, 4) is 0 Å². The van der Waals surface area contributed by atoms with Gasteiger partial charge < -0.3 is 24.1 Å². The summed E-state index contributed by atoms with van der Waals surface area (Å²) in [6, 6.07) is 0. The van der Waals surface area contributed by atoms with Gasteiger partial charge in [0.15, 0.2) is 5.79 Å². The largest absolute Gasteiger partial charge is 0.396 e. The normalized spacial score (nSPS) is 50.7. The van der Waals surface area contributed by atoms with Gasteiger partial charge in [0.2, 0.25) is 0 Å². The molecule has 2 spiro atoms. The van der Waals surface area contributed by atoms with E-state index in [0.717, 1.165) is 44.9 Å². The zero-order valence-corrected chi connectivity index (χ0v) is 13.7. The third kappa shape index (κ3) is 2.31. The summed E-state index contributed by atoms with van der Waals surface area (Å²) in [7, 11) is 0. The van der Waals surface area contributed by atoms with Crippen molar-refractivity contribution in [2.45, 2.75) is 106 Å². The molecule has 5 rings (SSSR count). The Hall–Kier alpha value is -0.200. The lowest BCUT2D eigenvalue weighted by atomic mass is 9.76. The molecule has 0 aromatic rings. The first-order valence-electron chi connectivity index (χ1n) is 9.52. The number of aliphatic hydroxyl groups excluding tert-OH is 1. The highest BCUT2D eigenvalue weighted by Gasteiger charge is 2.65. The van der Waals surface area contributed by atoms with E-state index in [1.807, 2.05) is 0 Å². The summed E-state index contributed by atoms with van der Waals surface area (Å²) in [6.45, 7) is 0.199. The molecule has 5 heteroatoms. The molecule has 0 radical (unpaired) electrons. The van der Waals surface area contributed by atoms with Crippen LogP contribution in [0.2, 0.25) is 0 Å². The van der Waals surface area contributed by atoms with Crippen LogP contribution in [0.5, 0.6) is 0 Å². The average molecular weight is 324 g/mol. The van der Waals surface area contributed by atoms with E-state index in [1.54, 1.807) is 0 Å². The molecule has 0 aromatic heterocycles. The zero-order valence-electron chi connectivity index (χ0n) is 13.7. The second kappa shape index (κ2) is 5.40. The van der Waals surface area contributed by atoms with Crippen LogP contribution in [0.1, 0.15) is 64.2 Å². The third-order valence-corrected chi connectivity index (χ3v) is 6.69. The number of fused-ring (bicyclic) bond motifs is 3. The van der Waals surface area contributed by atoms with E-state index in [1.165, 1.54) is 19.3 Å². The maximum absolute atomic E-state index is 9.24. The van der Waals surface area contributed by atoms with Gasteiger partial charge in [-0.1, -0.05) is 6.42 Å². The standard InChI is InChI=1S/C18H28O5/c19-9-6-12-4-5-15-17(21-12)10-13(20-15)16-14(11-17)22-18(23-16)7-2-1-3-8-18/h12-16,19H,1-11H2/t12?,13?,14-,15+,16?,17?/m1/s1. The zero-order chi connectivity index (χ0) is 15.5. The summed E-state index contributed by atoms with van der Waals surface area (Å²) in [4.78, 5) is 0. The maximum atomic E-state index is 9.24. The van der Waals surface area contributed by atoms with Crippen molar-refractivity contribution >= 4 is 0 Å². The van der Waals surface area contributed by atoms with Crippen LogP contribution in [0.4, 0.5) is 0 Å². The Labute approximate surface area is 137 Å². The van der Waals surface area contributed by atoms with Crippen LogP contribution in [-0.4, -0.2) is 53.6 Å². The van der Waals surface area contributed by atoms with Crippen molar-refractivity contribution in [3.05, 3.63) is 0 Å². The lowest BCUT2D eigenvalue weighted by Gasteiger charge is -2.44. The number of hydrogen-bond donors (Lipinski definition) is 1. The van der Waals surface area contributed by atoms with Crippen molar-refractivity contribution in [3.63, 3.8) is 0 Å². The van der Waals surface area contributed by atoms with E-state index in [4.69, 9.17) is 18.9 Å². The third-order valence-electron chi connectivity index (χ3n) is 6.69. The predicted octanol–water partition coefficient (Wildman–Crippen LogP) is 2.29. The molecular formula is C18H28O5. The van der Waals surface area contributed by atoms with Crippen LogP contribution in [0.15, 0.2) is 0 Å².